The summed E-state index contributed by atoms with van der Waals surface area (Å²) in [6, 6.07) is 6.35. The Morgan fingerprint density at radius 1 is 1.23 bits per heavy atom. The number of phenols is 1. The van der Waals surface area contributed by atoms with Crippen LogP contribution in [0, 0.1) is 0 Å². The summed E-state index contributed by atoms with van der Waals surface area (Å²) in [6.45, 7) is 0. The molecule has 5 heteroatoms. The van der Waals surface area contributed by atoms with E-state index in [9.17, 15) is 8.42 Å². The van der Waals surface area contributed by atoms with Crippen molar-refractivity contribution in [3.63, 3.8) is 0 Å². The standard InChI is InChI=1S/C8H9ClO3S/c9-13(11,12)6-5-7-1-3-8(10)4-2-7/h1-4,10H,5-6H2. The fraction of sp³-hybridized carbons (Fsp3) is 0.250. The summed E-state index contributed by atoms with van der Waals surface area (Å²) < 4.78 is 21.2. The minimum Gasteiger partial charge on any atom is -0.508 e. The average molecular weight is 221 g/mol. The molecule has 0 aliphatic heterocycles. The summed E-state index contributed by atoms with van der Waals surface area (Å²) in [4.78, 5) is 0. The molecule has 0 spiro atoms. The molecule has 1 aromatic carbocycles. The van der Waals surface area contributed by atoms with Crippen molar-refractivity contribution >= 4 is 19.7 Å². The predicted molar refractivity (Wildman–Crippen MR) is 51.5 cm³/mol. The number of aryl methyl sites for hydroxylation is 1. The first kappa shape index (κ1) is 10.3. The molecule has 0 heterocycles. The van der Waals surface area contributed by atoms with Crippen molar-refractivity contribution in [1.82, 2.24) is 0 Å². The van der Waals surface area contributed by atoms with Gasteiger partial charge in [0.05, 0.1) is 5.75 Å². The zero-order chi connectivity index (χ0) is 9.90. The molecule has 0 aromatic heterocycles. The SMILES string of the molecule is O=S(=O)(Cl)CCc1ccc(O)cc1. The van der Waals surface area contributed by atoms with E-state index in [4.69, 9.17) is 15.8 Å². The lowest BCUT2D eigenvalue weighted by molar-refractivity contribution is 0.475. The van der Waals surface area contributed by atoms with Gasteiger partial charge in [0.25, 0.3) is 0 Å². The highest BCUT2D eigenvalue weighted by Crippen LogP contribution is 2.11. The van der Waals surface area contributed by atoms with Crippen LogP contribution in [0.2, 0.25) is 0 Å². The lowest BCUT2D eigenvalue weighted by Crippen LogP contribution is -2.00. The monoisotopic (exact) mass is 220 g/mol. The maximum absolute atomic E-state index is 10.6. The zero-order valence-electron chi connectivity index (χ0n) is 6.77. The predicted octanol–water partition coefficient (Wildman–Crippen LogP) is 1.50. The van der Waals surface area contributed by atoms with Crippen LogP contribution in [0.25, 0.3) is 0 Å². The van der Waals surface area contributed by atoms with Crippen LogP contribution in [-0.4, -0.2) is 19.3 Å². The van der Waals surface area contributed by atoms with Crippen molar-refractivity contribution < 1.29 is 13.5 Å². The van der Waals surface area contributed by atoms with E-state index >= 15 is 0 Å². The molecular formula is C8H9ClO3S. The Morgan fingerprint density at radius 2 is 1.77 bits per heavy atom. The van der Waals surface area contributed by atoms with Crippen molar-refractivity contribution in [2.24, 2.45) is 0 Å². The third-order valence-electron chi connectivity index (χ3n) is 1.57. The topological polar surface area (TPSA) is 54.4 Å². The van der Waals surface area contributed by atoms with Crippen LogP contribution >= 0.6 is 10.7 Å². The van der Waals surface area contributed by atoms with Gasteiger partial charge in [0.1, 0.15) is 5.75 Å². The summed E-state index contributed by atoms with van der Waals surface area (Å²) in [5.74, 6) is 0.0803. The molecule has 0 aliphatic rings. The van der Waals surface area contributed by atoms with E-state index in [-0.39, 0.29) is 11.5 Å². The van der Waals surface area contributed by atoms with Crippen LogP contribution in [0.3, 0.4) is 0 Å². The second-order valence-electron chi connectivity index (χ2n) is 2.66. The lowest BCUT2D eigenvalue weighted by atomic mass is 10.2. The van der Waals surface area contributed by atoms with E-state index in [2.05, 4.69) is 0 Å². The Morgan fingerprint density at radius 3 is 2.23 bits per heavy atom. The Balaban J connectivity index is 2.61. The van der Waals surface area contributed by atoms with Crippen molar-refractivity contribution in [2.45, 2.75) is 6.42 Å². The van der Waals surface area contributed by atoms with Crippen LogP contribution in [-0.2, 0) is 15.5 Å². The molecule has 1 rings (SSSR count). The van der Waals surface area contributed by atoms with Crippen LogP contribution < -0.4 is 0 Å². The smallest absolute Gasteiger partial charge is 0.232 e. The van der Waals surface area contributed by atoms with E-state index in [1.807, 2.05) is 0 Å². The first-order chi connectivity index (χ1) is 5.97. The van der Waals surface area contributed by atoms with Crippen LogP contribution in [0.1, 0.15) is 5.56 Å². The van der Waals surface area contributed by atoms with Gasteiger partial charge in [0, 0.05) is 10.7 Å². The Bertz CT molecular complexity index is 369. The molecule has 0 saturated carbocycles. The number of phenolic OH excluding ortho intramolecular Hbond substituents is 1. The second-order valence-corrected chi connectivity index (χ2v) is 5.56. The molecule has 0 atom stereocenters. The highest BCUT2D eigenvalue weighted by atomic mass is 35.7. The second kappa shape index (κ2) is 3.98. The van der Waals surface area contributed by atoms with Crippen LogP contribution in [0.15, 0.2) is 24.3 Å². The maximum atomic E-state index is 10.6. The minimum absolute atomic E-state index is 0.0840. The van der Waals surface area contributed by atoms with Crippen molar-refractivity contribution in [2.75, 3.05) is 5.75 Å². The van der Waals surface area contributed by atoms with Crippen LogP contribution in [0.5, 0.6) is 5.75 Å². The van der Waals surface area contributed by atoms with Gasteiger partial charge < -0.3 is 5.11 Å². The summed E-state index contributed by atoms with van der Waals surface area (Å²) in [5, 5.41) is 8.94. The van der Waals surface area contributed by atoms with Gasteiger partial charge in [0.2, 0.25) is 9.05 Å². The largest absolute Gasteiger partial charge is 0.508 e. The molecular weight excluding hydrogens is 212 g/mol. The van der Waals surface area contributed by atoms with E-state index < -0.39 is 9.05 Å². The highest BCUT2D eigenvalue weighted by Gasteiger charge is 2.04. The van der Waals surface area contributed by atoms with Gasteiger partial charge in [-0.15, -0.1) is 0 Å². The summed E-state index contributed by atoms with van der Waals surface area (Å²) >= 11 is 0. The number of hydrogen-bond donors (Lipinski definition) is 1. The Kier molecular flexibility index (Phi) is 3.17. The molecule has 0 saturated heterocycles. The molecule has 72 valence electrons. The van der Waals surface area contributed by atoms with Gasteiger partial charge in [-0.3, -0.25) is 0 Å². The maximum Gasteiger partial charge on any atom is 0.232 e. The third-order valence-corrected chi connectivity index (χ3v) is 2.73. The molecule has 13 heavy (non-hydrogen) atoms. The van der Waals surface area contributed by atoms with Gasteiger partial charge >= 0.3 is 0 Å². The lowest BCUT2D eigenvalue weighted by Gasteiger charge is -1.98. The number of hydrogen-bond acceptors (Lipinski definition) is 3. The van der Waals surface area contributed by atoms with Crippen LogP contribution in [0.4, 0.5) is 0 Å². The van der Waals surface area contributed by atoms with Crippen molar-refractivity contribution in [3.05, 3.63) is 29.8 Å². The Hall–Kier alpha value is -0.740. The minimum atomic E-state index is -3.42. The quantitative estimate of drug-likeness (QED) is 0.786. The van der Waals surface area contributed by atoms with Crippen molar-refractivity contribution in [3.8, 4) is 5.75 Å². The molecule has 0 aliphatic carbocycles. The summed E-state index contributed by atoms with van der Waals surface area (Å²) in [7, 11) is 1.61. The Labute approximate surface area is 81.4 Å². The number of aromatic hydroxyl groups is 1. The van der Waals surface area contributed by atoms with Gasteiger partial charge in [-0.1, -0.05) is 12.1 Å². The van der Waals surface area contributed by atoms with Crippen molar-refractivity contribution in [1.29, 1.82) is 0 Å². The fourth-order valence-corrected chi connectivity index (χ4v) is 1.61. The van der Waals surface area contributed by atoms with E-state index in [1.54, 1.807) is 12.1 Å². The van der Waals surface area contributed by atoms with E-state index in [0.717, 1.165) is 5.56 Å². The first-order valence-corrected chi connectivity index (χ1v) is 6.15. The molecule has 0 radical (unpaired) electrons. The highest BCUT2D eigenvalue weighted by molar-refractivity contribution is 8.13. The normalized spacial score (nSPS) is 11.5. The number of benzene rings is 1. The molecule has 0 unspecified atom stereocenters. The third kappa shape index (κ3) is 4.15. The number of rotatable bonds is 3. The molecule has 1 N–H and O–H groups in total. The molecule has 3 nitrogen and oxygen atoms in total. The molecule has 1 aromatic rings. The molecule has 0 fully saturated rings. The van der Waals surface area contributed by atoms with Gasteiger partial charge in [-0.2, -0.15) is 0 Å². The first-order valence-electron chi connectivity index (χ1n) is 3.67. The summed E-state index contributed by atoms with van der Waals surface area (Å²) in [5.41, 5.74) is 0.835. The number of halogens is 1. The van der Waals surface area contributed by atoms with Gasteiger partial charge in [-0.25, -0.2) is 8.42 Å². The van der Waals surface area contributed by atoms with Gasteiger partial charge in [0.15, 0.2) is 0 Å². The molecule has 0 amide bonds. The average Bonchev–Trinajstić information content (AvgIpc) is 2.02. The van der Waals surface area contributed by atoms with E-state index in [1.165, 1.54) is 12.1 Å². The van der Waals surface area contributed by atoms with Gasteiger partial charge in [-0.05, 0) is 24.1 Å². The zero-order valence-corrected chi connectivity index (χ0v) is 8.35. The molecule has 0 bridgehead atoms. The summed E-state index contributed by atoms with van der Waals surface area (Å²) in [6.07, 6.45) is 0.367. The van der Waals surface area contributed by atoms with E-state index in [0.29, 0.717) is 6.42 Å². The fourth-order valence-electron chi connectivity index (χ4n) is 0.902.